The molecule has 15 heavy (non-hydrogen) atoms. The molecule has 3 nitrogen and oxygen atoms in total. The van der Waals surface area contributed by atoms with Gasteiger partial charge >= 0.3 is 0 Å². The van der Waals surface area contributed by atoms with Crippen molar-refractivity contribution in [3.8, 4) is 0 Å². The van der Waals surface area contributed by atoms with E-state index in [2.05, 4.69) is 17.2 Å². The van der Waals surface area contributed by atoms with Crippen LogP contribution >= 0.6 is 0 Å². The Labute approximate surface area is 90.9 Å². The first kappa shape index (κ1) is 10.4. The smallest absolute Gasteiger partial charge is 0.126 e. The van der Waals surface area contributed by atoms with Crippen LogP contribution in [-0.4, -0.2) is 24.7 Å². The average molecular weight is 206 g/mol. The van der Waals surface area contributed by atoms with Gasteiger partial charge in [0.25, 0.3) is 0 Å². The number of nitrogens with zero attached hydrogens (tertiary/aromatic N) is 1. The fourth-order valence-corrected chi connectivity index (χ4v) is 1.42. The minimum absolute atomic E-state index is 0.770. The minimum Gasteiger partial charge on any atom is -0.379 e. The molecule has 1 fully saturated rings. The second kappa shape index (κ2) is 5.12. The van der Waals surface area contributed by atoms with Crippen LogP contribution in [0.25, 0.3) is 0 Å². The Hall–Kier alpha value is -1.09. The van der Waals surface area contributed by atoms with Crippen molar-refractivity contribution in [2.24, 2.45) is 5.92 Å². The van der Waals surface area contributed by atoms with Crippen LogP contribution < -0.4 is 5.32 Å². The predicted octanol–water partition coefficient (Wildman–Crippen LogP) is 2.23. The van der Waals surface area contributed by atoms with E-state index in [0.717, 1.165) is 31.5 Å². The molecule has 0 aliphatic heterocycles. The maximum atomic E-state index is 5.52. The van der Waals surface area contributed by atoms with E-state index in [1.807, 2.05) is 18.3 Å². The van der Waals surface area contributed by atoms with Gasteiger partial charge in [0, 0.05) is 19.3 Å². The molecule has 1 saturated carbocycles. The predicted molar refractivity (Wildman–Crippen MR) is 61.0 cm³/mol. The number of rotatable bonds is 6. The highest BCUT2D eigenvalue weighted by Crippen LogP contribution is 2.28. The molecule has 0 aromatic carbocycles. The normalized spacial score (nSPS) is 15.3. The fourth-order valence-electron chi connectivity index (χ4n) is 1.42. The van der Waals surface area contributed by atoms with Gasteiger partial charge in [0.15, 0.2) is 0 Å². The molecule has 0 atom stereocenters. The standard InChI is InChI=1S/C12H18N2O/c1-10-4-5-13-12(8-10)14-6-7-15-9-11-2-3-11/h4-5,8,11H,2-3,6-7,9H2,1H3,(H,13,14). The lowest BCUT2D eigenvalue weighted by atomic mass is 10.3. The molecule has 1 N–H and O–H groups in total. The van der Waals surface area contributed by atoms with E-state index in [0.29, 0.717) is 0 Å². The summed E-state index contributed by atoms with van der Waals surface area (Å²) in [6.07, 6.45) is 4.53. The lowest BCUT2D eigenvalue weighted by molar-refractivity contribution is 0.134. The zero-order valence-electron chi connectivity index (χ0n) is 9.20. The van der Waals surface area contributed by atoms with Gasteiger partial charge in [-0.2, -0.15) is 0 Å². The van der Waals surface area contributed by atoms with Crippen molar-refractivity contribution in [1.82, 2.24) is 4.98 Å². The van der Waals surface area contributed by atoms with Gasteiger partial charge in [-0.15, -0.1) is 0 Å². The number of ether oxygens (including phenoxy) is 1. The second-order valence-corrected chi connectivity index (χ2v) is 4.16. The first-order chi connectivity index (χ1) is 7.34. The van der Waals surface area contributed by atoms with Gasteiger partial charge in [-0.05, 0) is 43.4 Å². The quantitative estimate of drug-likeness (QED) is 0.725. The molecular formula is C12H18N2O. The maximum absolute atomic E-state index is 5.52. The largest absolute Gasteiger partial charge is 0.379 e. The molecule has 1 aliphatic rings. The number of pyridine rings is 1. The molecule has 1 heterocycles. The van der Waals surface area contributed by atoms with E-state index < -0.39 is 0 Å². The molecule has 2 rings (SSSR count). The summed E-state index contributed by atoms with van der Waals surface area (Å²) in [7, 11) is 0. The molecule has 0 spiro atoms. The van der Waals surface area contributed by atoms with E-state index in [9.17, 15) is 0 Å². The van der Waals surface area contributed by atoms with E-state index in [1.165, 1.54) is 18.4 Å². The molecule has 1 aromatic heterocycles. The summed E-state index contributed by atoms with van der Waals surface area (Å²) in [5.41, 5.74) is 1.23. The number of aromatic nitrogens is 1. The summed E-state index contributed by atoms with van der Waals surface area (Å²) >= 11 is 0. The van der Waals surface area contributed by atoms with Crippen LogP contribution in [0.4, 0.5) is 5.82 Å². The maximum Gasteiger partial charge on any atom is 0.126 e. The number of hydrogen-bond acceptors (Lipinski definition) is 3. The zero-order valence-corrected chi connectivity index (χ0v) is 9.20. The van der Waals surface area contributed by atoms with Crippen molar-refractivity contribution in [2.75, 3.05) is 25.1 Å². The third-order valence-electron chi connectivity index (χ3n) is 2.52. The van der Waals surface area contributed by atoms with Crippen LogP contribution in [0.3, 0.4) is 0 Å². The summed E-state index contributed by atoms with van der Waals surface area (Å²) in [5.74, 6) is 1.78. The van der Waals surface area contributed by atoms with Gasteiger partial charge in [0.1, 0.15) is 5.82 Å². The highest BCUT2D eigenvalue weighted by atomic mass is 16.5. The molecule has 82 valence electrons. The fraction of sp³-hybridized carbons (Fsp3) is 0.583. The SMILES string of the molecule is Cc1ccnc(NCCOCC2CC2)c1. The Morgan fingerprint density at radius 2 is 2.40 bits per heavy atom. The van der Waals surface area contributed by atoms with Crippen LogP contribution in [0.5, 0.6) is 0 Å². The summed E-state index contributed by atoms with van der Waals surface area (Å²) in [6.45, 7) is 4.61. The summed E-state index contributed by atoms with van der Waals surface area (Å²) in [4.78, 5) is 4.22. The van der Waals surface area contributed by atoms with Crippen molar-refractivity contribution in [2.45, 2.75) is 19.8 Å². The second-order valence-electron chi connectivity index (χ2n) is 4.16. The van der Waals surface area contributed by atoms with Gasteiger partial charge < -0.3 is 10.1 Å². The molecule has 1 aromatic rings. The lowest BCUT2D eigenvalue weighted by Crippen LogP contribution is -2.11. The number of nitrogens with one attached hydrogen (secondary N) is 1. The average Bonchev–Trinajstić information content (AvgIpc) is 3.01. The highest BCUT2D eigenvalue weighted by Gasteiger charge is 2.20. The minimum atomic E-state index is 0.770. The van der Waals surface area contributed by atoms with Gasteiger partial charge in [-0.25, -0.2) is 4.98 Å². The van der Waals surface area contributed by atoms with Gasteiger partial charge in [0.05, 0.1) is 6.61 Å². The van der Waals surface area contributed by atoms with Gasteiger partial charge in [-0.1, -0.05) is 0 Å². The van der Waals surface area contributed by atoms with Gasteiger partial charge in [-0.3, -0.25) is 0 Å². The van der Waals surface area contributed by atoms with Crippen molar-refractivity contribution in [1.29, 1.82) is 0 Å². The molecule has 0 radical (unpaired) electrons. The third-order valence-corrected chi connectivity index (χ3v) is 2.52. The summed E-state index contributed by atoms with van der Waals surface area (Å²) in [5, 5.41) is 3.24. The highest BCUT2D eigenvalue weighted by molar-refractivity contribution is 5.36. The first-order valence-electron chi connectivity index (χ1n) is 5.59. The third kappa shape index (κ3) is 3.88. The monoisotopic (exact) mass is 206 g/mol. The van der Waals surface area contributed by atoms with Crippen LogP contribution in [0, 0.1) is 12.8 Å². The van der Waals surface area contributed by atoms with E-state index >= 15 is 0 Å². The Bertz CT molecular complexity index is 310. The van der Waals surface area contributed by atoms with Gasteiger partial charge in [0.2, 0.25) is 0 Å². The molecule has 3 heteroatoms. The number of hydrogen-bond donors (Lipinski definition) is 1. The van der Waals surface area contributed by atoms with E-state index in [-0.39, 0.29) is 0 Å². The van der Waals surface area contributed by atoms with Crippen molar-refractivity contribution >= 4 is 5.82 Å². The first-order valence-corrected chi connectivity index (χ1v) is 5.59. The Kier molecular flexibility index (Phi) is 3.56. The Morgan fingerprint density at radius 3 is 3.13 bits per heavy atom. The van der Waals surface area contributed by atoms with Crippen LogP contribution in [0.2, 0.25) is 0 Å². The number of anilines is 1. The molecule has 1 aliphatic carbocycles. The van der Waals surface area contributed by atoms with E-state index in [4.69, 9.17) is 4.74 Å². The van der Waals surface area contributed by atoms with E-state index in [1.54, 1.807) is 0 Å². The van der Waals surface area contributed by atoms with Crippen LogP contribution in [0.1, 0.15) is 18.4 Å². The zero-order chi connectivity index (χ0) is 10.5. The molecule has 0 unspecified atom stereocenters. The molecule has 0 amide bonds. The molecule has 0 bridgehead atoms. The van der Waals surface area contributed by atoms with Crippen molar-refractivity contribution < 1.29 is 4.74 Å². The topological polar surface area (TPSA) is 34.2 Å². The van der Waals surface area contributed by atoms with Crippen LogP contribution in [0.15, 0.2) is 18.3 Å². The van der Waals surface area contributed by atoms with Crippen molar-refractivity contribution in [3.63, 3.8) is 0 Å². The Morgan fingerprint density at radius 1 is 1.53 bits per heavy atom. The molecule has 0 saturated heterocycles. The van der Waals surface area contributed by atoms with Crippen molar-refractivity contribution in [3.05, 3.63) is 23.9 Å². The summed E-state index contributed by atoms with van der Waals surface area (Å²) < 4.78 is 5.52. The number of aryl methyl sites for hydroxylation is 1. The lowest BCUT2D eigenvalue weighted by Gasteiger charge is -2.06. The van der Waals surface area contributed by atoms with Crippen LogP contribution in [-0.2, 0) is 4.74 Å². The Balaban J connectivity index is 1.60. The molecular weight excluding hydrogens is 188 g/mol. The summed E-state index contributed by atoms with van der Waals surface area (Å²) in [6, 6.07) is 4.04.